The van der Waals surface area contributed by atoms with Gasteiger partial charge in [-0.05, 0) is 29.3 Å². The molecule has 0 saturated carbocycles. The molecular formula is C23H17N5O4. The molecule has 3 heterocycles. The van der Waals surface area contributed by atoms with E-state index in [9.17, 15) is 20.0 Å². The van der Waals surface area contributed by atoms with E-state index in [0.29, 0.717) is 0 Å². The van der Waals surface area contributed by atoms with Crippen LogP contribution < -0.4 is 15.6 Å². The van der Waals surface area contributed by atoms with Crippen LogP contribution in [0.25, 0.3) is 10.8 Å². The normalized spacial score (nSPS) is 10.5. The second kappa shape index (κ2) is 8.97. The summed E-state index contributed by atoms with van der Waals surface area (Å²) in [5, 5.41) is 22.7. The Morgan fingerprint density at radius 3 is 2.59 bits per heavy atom. The highest BCUT2D eigenvalue weighted by atomic mass is 16.6. The molecule has 4 aromatic rings. The fourth-order valence-corrected chi connectivity index (χ4v) is 3.18. The van der Waals surface area contributed by atoms with Gasteiger partial charge in [0.25, 0.3) is 11.4 Å². The third-order valence-electron chi connectivity index (χ3n) is 4.75. The minimum absolute atomic E-state index is 0.0482. The lowest BCUT2D eigenvalue weighted by atomic mass is 10.1. The zero-order valence-electron chi connectivity index (χ0n) is 16.7. The van der Waals surface area contributed by atoms with E-state index >= 15 is 0 Å². The molecule has 2 N–H and O–H groups in total. The van der Waals surface area contributed by atoms with Crippen LogP contribution in [0.15, 0.2) is 71.9 Å². The third kappa shape index (κ3) is 4.24. The number of nitriles is 1. The quantitative estimate of drug-likeness (QED) is 0.501. The number of amides is 1. The van der Waals surface area contributed by atoms with Gasteiger partial charge < -0.3 is 19.7 Å². The average Bonchev–Trinajstić information content (AvgIpc) is 2.82. The number of hydrogen-bond donors (Lipinski definition) is 2. The highest BCUT2D eigenvalue weighted by molar-refractivity contribution is 5.92. The zero-order valence-corrected chi connectivity index (χ0v) is 16.7. The fourth-order valence-electron chi connectivity index (χ4n) is 3.18. The highest BCUT2D eigenvalue weighted by Crippen LogP contribution is 2.32. The van der Waals surface area contributed by atoms with Crippen molar-refractivity contribution in [2.75, 3.05) is 0 Å². The Morgan fingerprint density at radius 1 is 1.12 bits per heavy atom. The van der Waals surface area contributed by atoms with Gasteiger partial charge in [-0.1, -0.05) is 30.3 Å². The number of nitrogens with zero attached hydrogens (tertiary/aromatic N) is 4. The number of fused-ring (bicyclic) bond motifs is 1. The molecule has 9 heteroatoms. The summed E-state index contributed by atoms with van der Waals surface area (Å²) in [6.07, 6.45) is 3.81. The molecule has 0 bridgehead atoms. The molecule has 9 nitrogen and oxygen atoms in total. The van der Waals surface area contributed by atoms with Crippen LogP contribution >= 0.6 is 0 Å². The van der Waals surface area contributed by atoms with Crippen LogP contribution in [0.2, 0.25) is 0 Å². The number of hydrogen-bond acceptors (Lipinski definition) is 7. The molecule has 0 aliphatic heterocycles. The maximum Gasteiger partial charge on any atom is 0.414 e. The molecule has 3 aromatic heterocycles. The molecule has 158 valence electrons. The Bertz CT molecular complexity index is 1380. The first-order valence-corrected chi connectivity index (χ1v) is 9.61. The van der Waals surface area contributed by atoms with Crippen LogP contribution in [0, 0.1) is 11.3 Å². The molecule has 4 rings (SSSR count). The summed E-state index contributed by atoms with van der Waals surface area (Å²) in [7, 11) is 0. The first-order chi connectivity index (χ1) is 15.6. The van der Waals surface area contributed by atoms with E-state index in [0.717, 1.165) is 11.1 Å². The number of benzene rings is 1. The average molecular weight is 427 g/mol. The summed E-state index contributed by atoms with van der Waals surface area (Å²) in [4.78, 5) is 32.9. The Balaban J connectivity index is 1.63. The SMILES string of the molecule is N#Cc1nc(OC(=O)NCc2ccncc2)c(O)c2ccn(Cc3ccccc3)c(=O)c12. The van der Waals surface area contributed by atoms with E-state index in [1.165, 1.54) is 16.8 Å². The van der Waals surface area contributed by atoms with E-state index in [2.05, 4.69) is 15.3 Å². The number of aromatic hydroxyl groups is 1. The maximum atomic E-state index is 13.0. The number of nitrogens with one attached hydrogen (secondary N) is 1. The highest BCUT2D eigenvalue weighted by Gasteiger charge is 2.20. The number of ether oxygens (including phenoxy) is 1. The van der Waals surface area contributed by atoms with Crippen molar-refractivity contribution in [3.8, 4) is 17.7 Å². The minimum atomic E-state index is -0.870. The summed E-state index contributed by atoms with van der Waals surface area (Å²) >= 11 is 0. The van der Waals surface area contributed by atoms with E-state index in [1.807, 2.05) is 36.4 Å². The Kier molecular flexibility index (Phi) is 5.76. The van der Waals surface area contributed by atoms with Crippen molar-refractivity contribution in [3.63, 3.8) is 0 Å². The van der Waals surface area contributed by atoms with Crippen LogP contribution in [0.3, 0.4) is 0 Å². The van der Waals surface area contributed by atoms with Gasteiger partial charge in [-0.2, -0.15) is 10.2 Å². The number of carbonyl (C=O) groups is 1. The van der Waals surface area contributed by atoms with Crippen LogP contribution in [0.1, 0.15) is 16.8 Å². The third-order valence-corrected chi connectivity index (χ3v) is 4.75. The Labute approximate surface area is 182 Å². The van der Waals surface area contributed by atoms with Crippen LogP contribution in [0.4, 0.5) is 4.79 Å². The van der Waals surface area contributed by atoms with Crippen molar-refractivity contribution < 1.29 is 14.6 Å². The summed E-state index contributed by atoms with van der Waals surface area (Å²) in [6.45, 7) is 0.460. The summed E-state index contributed by atoms with van der Waals surface area (Å²) in [5.41, 5.74) is 0.960. The summed E-state index contributed by atoms with van der Waals surface area (Å²) < 4.78 is 6.51. The molecule has 0 saturated heterocycles. The lowest BCUT2D eigenvalue weighted by molar-refractivity contribution is 0.196. The molecule has 0 fully saturated rings. The molecule has 0 atom stereocenters. The molecule has 1 amide bonds. The van der Waals surface area contributed by atoms with E-state index in [4.69, 9.17) is 4.74 Å². The van der Waals surface area contributed by atoms with Gasteiger partial charge in [0, 0.05) is 30.5 Å². The number of aromatic nitrogens is 3. The number of rotatable bonds is 5. The predicted octanol–water partition coefficient (Wildman–Crippen LogP) is 2.71. The minimum Gasteiger partial charge on any atom is -0.503 e. The second-order valence-corrected chi connectivity index (χ2v) is 6.85. The van der Waals surface area contributed by atoms with E-state index in [-0.39, 0.29) is 29.6 Å². The Morgan fingerprint density at radius 2 is 1.88 bits per heavy atom. The first kappa shape index (κ1) is 20.6. The van der Waals surface area contributed by atoms with E-state index in [1.54, 1.807) is 24.5 Å². The van der Waals surface area contributed by atoms with Crippen molar-refractivity contribution in [1.29, 1.82) is 5.26 Å². The number of pyridine rings is 3. The van der Waals surface area contributed by atoms with E-state index < -0.39 is 23.3 Å². The maximum absolute atomic E-state index is 13.0. The van der Waals surface area contributed by atoms with Gasteiger partial charge in [0.2, 0.25) is 0 Å². The second-order valence-electron chi connectivity index (χ2n) is 6.85. The van der Waals surface area contributed by atoms with Crippen molar-refractivity contribution >= 4 is 16.9 Å². The molecule has 0 radical (unpaired) electrons. The molecular weight excluding hydrogens is 410 g/mol. The van der Waals surface area contributed by atoms with Gasteiger partial charge >= 0.3 is 6.09 Å². The lowest BCUT2D eigenvalue weighted by Crippen LogP contribution is -2.27. The molecule has 0 spiro atoms. The smallest absolute Gasteiger partial charge is 0.414 e. The molecule has 32 heavy (non-hydrogen) atoms. The molecule has 0 aliphatic carbocycles. The summed E-state index contributed by atoms with van der Waals surface area (Å²) in [6, 6.07) is 16.1. The zero-order chi connectivity index (χ0) is 22.5. The van der Waals surface area contributed by atoms with Crippen LogP contribution in [-0.4, -0.2) is 25.7 Å². The van der Waals surface area contributed by atoms with Crippen molar-refractivity contribution in [3.05, 3.63) is 94.3 Å². The van der Waals surface area contributed by atoms with Gasteiger partial charge in [0.1, 0.15) is 6.07 Å². The van der Waals surface area contributed by atoms with Crippen LogP contribution in [-0.2, 0) is 13.1 Å². The standard InChI is InChI=1S/C23H17N5O4/c24-12-18-19-17(8-11-28(22(19)30)14-16-4-2-1-3-5-16)20(29)21(27-18)32-23(31)26-13-15-6-9-25-10-7-15/h1-11,29H,13-14H2,(H,26,31). The molecule has 0 unspecified atom stereocenters. The largest absolute Gasteiger partial charge is 0.503 e. The lowest BCUT2D eigenvalue weighted by Gasteiger charge is -2.12. The van der Waals surface area contributed by atoms with Crippen molar-refractivity contribution in [2.45, 2.75) is 13.1 Å². The molecule has 0 aliphatic rings. The van der Waals surface area contributed by atoms with Gasteiger partial charge in [0.05, 0.1) is 11.9 Å². The number of carbonyl (C=O) groups excluding carboxylic acids is 1. The fraction of sp³-hybridized carbons (Fsp3) is 0.0870. The predicted molar refractivity (Wildman–Crippen MR) is 115 cm³/mol. The van der Waals surface area contributed by atoms with Gasteiger partial charge in [-0.3, -0.25) is 9.78 Å². The Hall–Kier alpha value is -4.71. The van der Waals surface area contributed by atoms with Crippen LogP contribution in [0.5, 0.6) is 11.6 Å². The van der Waals surface area contributed by atoms with Gasteiger partial charge in [-0.15, -0.1) is 0 Å². The topological polar surface area (TPSA) is 130 Å². The van der Waals surface area contributed by atoms with Crippen molar-refractivity contribution in [2.24, 2.45) is 0 Å². The monoisotopic (exact) mass is 427 g/mol. The van der Waals surface area contributed by atoms with Gasteiger partial charge in [-0.25, -0.2) is 4.79 Å². The molecule has 1 aromatic carbocycles. The summed E-state index contributed by atoms with van der Waals surface area (Å²) in [5.74, 6) is -0.955. The first-order valence-electron chi connectivity index (χ1n) is 9.61. The van der Waals surface area contributed by atoms with Crippen molar-refractivity contribution in [1.82, 2.24) is 19.9 Å². The van der Waals surface area contributed by atoms with Gasteiger partial charge in [0.15, 0.2) is 11.4 Å².